The number of aromatic nitrogens is 3. The topological polar surface area (TPSA) is 74.3 Å². The van der Waals surface area contributed by atoms with Crippen LogP contribution in [0, 0.1) is 0 Å². The predicted octanol–water partition coefficient (Wildman–Crippen LogP) is 1.82. The SMILES string of the molecule is O=COc1c(CN2CCN(c3cncnc3)CC2)[nH]c2ccccc12. The number of hydrogen-bond donors (Lipinski definition) is 1. The second-order valence-electron chi connectivity index (χ2n) is 6.05. The van der Waals surface area contributed by atoms with Gasteiger partial charge in [0.05, 0.1) is 23.8 Å². The summed E-state index contributed by atoms with van der Waals surface area (Å²) in [5.74, 6) is 0.629. The quantitative estimate of drug-likeness (QED) is 0.716. The largest absolute Gasteiger partial charge is 0.426 e. The highest BCUT2D eigenvalue weighted by Gasteiger charge is 2.21. The minimum Gasteiger partial charge on any atom is -0.426 e. The third kappa shape index (κ3) is 3.18. The molecule has 1 fully saturated rings. The van der Waals surface area contributed by atoms with Crippen molar-refractivity contribution in [1.82, 2.24) is 19.9 Å². The first kappa shape index (κ1) is 15.6. The number of benzene rings is 1. The molecule has 3 aromatic rings. The molecule has 0 radical (unpaired) electrons. The highest BCUT2D eigenvalue weighted by Crippen LogP contribution is 2.31. The fourth-order valence-electron chi connectivity index (χ4n) is 3.31. The maximum Gasteiger partial charge on any atom is 0.298 e. The number of nitrogens with zero attached hydrogens (tertiary/aromatic N) is 4. The van der Waals surface area contributed by atoms with E-state index in [2.05, 4.69) is 24.8 Å². The van der Waals surface area contributed by atoms with E-state index in [1.165, 1.54) is 0 Å². The van der Waals surface area contributed by atoms with E-state index in [-0.39, 0.29) is 0 Å². The number of aromatic amines is 1. The highest BCUT2D eigenvalue weighted by molar-refractivity contribution is 5.88. The van der Waals surface area contributed by atoms with Gasteiger partial charge in [-0.05, 0) is 12.1 Å². The van der Waals surface area contributed by atoms with Crippen molar-refractivity contribution in [2.45, 2.75) is 6.54 Å². The molecule has 4 rings (SSSR count). The van der Waals surface area contributed by atoms with Gasteiger partial charge >= 0.3 is 0 Å². The number of nitrogens with one attached hydrogen (secondary N) is 1. The Labute approximate surface area is 145 Å². The molecule has 7 nitrogen and oxygen atoms in total. The lowest BCUT2D eigenvalue weighted by molar-refractivity contribution is -0.120. The molecule has 128 valence electrons. The molecule has 1 aliphatic heterocycles. The molecule has 0 atom stereocenters. The maximum absolute atomic E-state index is 10.9. The molecule has 2 aromatic heterocycles. The second-order valence-corrected chi connectivity index (χ2v) is 6.05. The third-order valence-electron chi connectivity index (χ3n) is 4.56. The normalized spacial score (nSPS) is 15.4. The van der Waals surface area contributed by atoms with E-state index < -0.39 is 0 Å². The number of H-pyrrole nitrogens is 1. The zero-order valence-electron chi connectivity index (χ0n) is 13.8. The Balaban J connectivity index is 1.47. The fraction of sp³-hybridized carbons (Fsp3) is 0.278. The number of hydrogen-bond acceptors (Lipinski definition) is 6. The Morgan fingerprint density at radius 1 is 1.12 bits per heavy atom. The molecular weight excluding hydrogens is 318 g/mol. The lowest BCUT2D eigenvalue weighted by Gasteiger charge is -2.35. The van der Waals surface area contributed by atoms with Gasteiger partial charge in [0.1, 0.15) is 6.33 Å². The van der Waals surface area contributed by atoms with Crippen molar-refractivity contribution >= 4 is 23.1 Å². The summed E-state index contributed by atoms with van der Waals surface area (Å²) in [5.41, 5.74) is 2.97. The summed E-state index contributed by atoms with van der Waals surface area (Å²) in [6, 6.07) is 7.86. The summed E-state index contributed by atoms with van der Waals surface area (Å²) in [5, 5.41) is 0.935. The first-order valence-electron chi connectivity index (χ1n) is 8.27. The number of rotatable bonds is 5. The maximum atomic E-state index is 10.9. The van der Waals surface area contributed by atoms with Crippen molar-refractivity contribution in [2.24, 2.45) is 0 Å². The van der Waals surface area contributed by atoms with Gasteiger partial charge in [-0.1, -0.05) is 12.1 Å². The molecule has 0 spiro atoms. The molecule has 0 saturated carbocycles. The monoisotopic (exact) mass is 337 g/mol. The van der Waals surface area contributed by atoms with Gasteiger partial charge in [-0.15, -0.1) is 0 Å². The summed E-state index contributed by atoms with van der Waals surface area (Å²) in [4.78, 5) is 27.1. The lowest BCUT2D eigenvalue weighted by Crippen LogP contribution is -2.46. The van der Waals surface area contributed by atoms with Gasteiger partial charge in [0.2, 0.25) is 0 Å². The lowest BCUT2D eigenvalue weighted by atomic mass is 10.2. The number of ether oxygens (including phenoxy) is 1. The van der Waals surface area contributed by atoms with Crippen LogP contribution in [0.2, 0.25) is 0 Å². The van der Waals surface area contributed by atoms with Crippen molar-refractivity contribution in [2.75, 3.05) is 31.1 Å². The molecule has 1 aliphatic rings. The van der Waals surface area contributed by atoms with Crippen molar-refractivity contribution in [1.29, 1.82) is 0 Å². The Morgan fingerprint density at radius 2 is 1.88 bits per heavy atom. The average molecular weight is 337 g/mol. The molecule has 0 aliphatic carbocycles. The van der Waals surface area contributed by atoms with Crippen LogP contribution in [0.25, 0.3) is 10.9 Å². The van der Waals surface area contributed by atoms with E-state index in [1.54, 1.807) is 6.33 Å². The summed E-state index contributed by atoms with van der Waals surface area (Å²) in [6.07, 6.45) is 5.23. The van der Waals surface area contributed by atoms with Gasteiger partial charge in [0.15, 0.2) is 5.75 Å². The molecule has 0 bridgehead atoms. The smallest absolute Gasteiger partial charge is 0.298 e. The molecule has 7 heteroatoms. The molecule has 1 N–H and O–H groups in total. The fourth-order valence-corrected chi connectivity index (χ4v) is 3.31. The standard InChI is InChI=1S/C18H19N5O2/c24-13-25-18-15-3-1-2-4-16(15)21-17(18)11-22-5-7-23(8-6-22)14-9-19-12-20-10-14/h1-4,9-10,12-13,21H,5-8,11H2. The molecule has 0 unspecified atom stereocenters. The molecule has 3 heterocycles. The van der Waals surface area contributed by atoms with Crippen LogP contribution >= 0.6 is 0 Å². The van der Waals surface area contributed by atoms with Crippen LogP contribution in [0.15, 0.2) is 43.0 Å². The first-order valence-corrected chi connectivity index (χ1v) is 8.27. The van der Waals surface area contributed by atoms with E-state index >= 15 is 0 Å². The third-order valence-corrected chi connectivity index (χ3v) is 4.56. The Hall–Kier alpha value is -2.93. The zero-order valence-corrected chi connectivity index (χ0v) is 13.8. The minimum absolute atomic E-state index is 0.493. The van der Waals surface area contributed by atoms with Crippen molar-refractivity contribution < 1.29 is 9.53 Å². The van der Waals surface area contributed by atoms with E-state index in [0.29, 0.717) is 12.2 Å². The van der Waals surface area contributed by atoms with Gasteiger partial charge in [-0.3, -0.25) is 9.69 Å². The molecule has 1 saturated heterocycles. The van der Waals surface area contributed by atoms with Gasteiger partial charge < -0.3 is 14.6 Å². The van der Waals surface area contributed by atoms with Gasteiger partial charge in [0, 0.05) is 43.6 Å². The van der Waals surface area contributed by atoms with Crippen molar-refractivity contribution in [3.8, 4) is 5.75 Å². The molecule has 25 heavy (non-hydrogen) atoms. The van der Waals surface area contributed by atoms with E-state index in [4.69, 9.17) is 4.74 Å². The summed E-state index contributed by atoms with van der Waals surface area (Å²) >= 11 is 0. The van der Waals surface area contributed by atoms with E-state index in [1.807, 2.05) is 36.7 Å². The van der Waals surface area contributed by atoms with Crippen LogP contribution in [0.1, 0.15) is 5.69 Å². The zero-order chi connectivity index (χ0) is 17.1. The number of carbonyl (C=O) groups is 1. The van der Waals surface area contributed by atoms with Crippen LogP contribution in [-0.2, 0) is 11.3 Å². The number of piperazine rings is 1. The summed E-state index contributed by atoms with van der Waals surface area (Å²) in [7, 11) is 0. The second kappa shape index (κ2) is 6.90. The van der Waals surface area contributed by atoms with Crippen LogP contribution in [0.5, 0.6) is 5.75 Å². The first-order chi connectivity index (χ1) is 12.3. The Bertz CT molecular complexity index is 856. The minimum atomic E-state index is 0.493. The van der Waals surface area contributed by atoms with Crippen LogP contribution in [0.4, 0.5) is 5.69 Å². The predicted molar refractivity (Wildman–Crippen MR) is 94.5 cm³/mol. The Morgan fingerprint density at radius 3 is 2.64 bits per heavy atom. The van der Waals surface area contributed by atoms with Crippen LogP contribution < -0.4 is 9.64 Å². The number of carbonyl (C=O) groups excluding carboxylic acids is 1. The number of anilines is 1. The molecular formula is C18H19N5O2. The molecule has 1 aromatic carbocycles. The average Bonchev–Trinajstić information content (AvgIpc) is 3.01. The van der Waals surface area contributed by atoms with Crippen molar-refractivity contribution in [3.05, 3.63) is 48.7 Å². The number of para-hydroxylation sites is 1. The van der Waals surface area contributed by atoms with Gasteiger partial charge in [0.25, 0.3) is 6.47 Å². The van der Waals surface area contributed by atoms with Crippen molar-refractivity contribution in [3.63, 3.8) is 0 Å². The van der Waals surface area contributed by atoms with Crippen LogP contribution in [0.3, 0.4) is 0 Å². The molecule has 0 amide bonds. The summed E-state index contributed by atoms with van der Waals surface area (Å²) in [6.45, 7) is 4.88. The summed E-state index contributed by atoms with van der Waals surface area (Å²) < 4.78 is 5.26. The van der Waals surface area contributed by atoms with E-state index in [0.717, 1.165) is 55.0 Å². The van der Waals surface area contributed by atoms with E-state index in [9.17, 15) is 4.79 Å². The Kier molecular flexibility index (Phi) is 4.30. The van der Waals surface area contributed by atoms with Crippen LogP contribution in [-0.4, -0.2) is 52.5 Å². The number of fused-ring (bicyclic) bond motifs is 1. The van der Waals surface area contributed by atoms with Gasteiger partial charge in [-0.25, -0.2) is 9.97 Å². The highest BCUT2D eigenvalue weighted by atomic mass is 16.5. The van der Waals surface area contributed by atoms with Gasteiger partial charge in [-0.2, -0.15) is 0 Å².